The van der Waals surface area contributed by atoms with Crippen LogP contribution >= 0.6 is 0 Å². The molecule has 0 aliphatic carbocycles. The van der Waals surface area contributed by atoms with Crippen LogP contribution < -0.4 is 5.32 Å². The summed E-state index contributed by atoms with van der Waals surface area (Å²) >= 11 is 0. The second-order valence-corrected chi connectivity index (χ2v) is 4.73. The second-order valence-electron chi connectivity index (χ2n) is 4.73. The van der Waals surface area contributed by atoms with Gasteiger partial charge in [-0.15, -0.1) is 0 Å². The van der Waals surface area contributed by atoms with Crippen molar-refractivity contribution in [3.05, 3.63) is 0 Å². The van der Waals surface area contributed by atoms with Gasteiger partial charge < -0.3 is 10.2 Å². The third kappa shape index (κ3) is 10.2. The molecule has 0 aliphatic rings. The topological polar surface area (TPSA) is 15.3 Å². The van der Waals surface area contributed by atoms with E-state index in [0.29, 0.717) is 0 Å². The van der Waals surface area contributed by atoms with Crippen molar-refractivity contribution in [1.82, 2.24) is 10.2 Å². The molecule has 0 aromatic rings. The van der Waals surface area contributed by atoms with E-state index in [4.69, 9.17) is 0 Å². The van der Waals surface area contributed by atoms with Crippen molar-refractivity contribution in [2.45, 2.75) is 46.5 Å². The SMILES string of the molecule is CCCNCCCCN(C)CC(C)CC. The van der Waals surface area contributed by atoms with Crippen molar-refractivity contribution >= 4 is 0 Å². The van der Waals surface area contributed by atoms with E-state index in [-0.39, 0.29) is 0 Å². The Hall–Kier alpha value is -0.0800. The highest BCUT2D eigenvalue weighted by atomic mass is 15.1. The minimum atomic E-state index is 0.841. The number of rotatable bonds is 10. The van der Waals surface area contributed by atoms with E-state index in [1.165, 1.54) is 51.9 Å². The lowest BCUT2D eigenvalue weighted by molar-refractivity contribution is 0.276. The van der Waals surface area contributed by atoms with E-state index < -0.39 is 0 Å². The van der Waals surface area contributed by atoms with Gasteiger partial charge >= 0.3 is 0 Å². The molecule has 0 aromatic heterocycles. The van der Waals surface area contributed by atoms with Crippen LogP contribution in [0, 0.1) is 5.92 Å². The molecule has 0 bridgehead atoms. The number of nitrogens with one attached hydrogen (secondary N) is 1. The van der Waals surface area contributed by atoms with Gasteiger partial charge in [0.2, 0.25) is 0 Å². The Morgan fingerprint density at radius 2 is 1.87 bits per heavy atom. The van der Waals surface area contributed by atoms with Crippen LogP contribution in [0.3, 0.4) is 0 Å². The highest BCUT2D eigenvalue weighted by molar-refractivity contribution is 4.58. The highest BCUT2D eigenvalue weighted by Crippen LogP contribution is 2.03. The molecule has 0 spiro atoms. The molecule has 0 heterocycles. The van der Waals surface area contributed by atoms with Gasteiger partial charge in [0, 0.05) is 6.54 Å². The van der Waals surface area contributed by atoms with Gasteiger partial charge in [0.25, 0.3) is 0 Å². The van der Waals surface area contributed by atoms with Crippen LogP contribution in [-0.2, 0) is 0 Å². The molecule has 1 N–H and O–H groups in total. The molecule has 0 radical (unpaired) electrons. The lowest BCUT2D eigenvalue weighted by atomic mass is 10.1. The van der Waals surface area contributed by atoms with Crippen molar-refractivity contribution in [1.29, 1.82) is 0 Å². The number of hydrogen-bond donors (Lipinski definition) is 1. The molecule has 0 aromatic carbocycles. The summed E-state index contributed by atoms with van der Waals surface area (Å²) in [5, 5.41) is 3.44. The average molecular weight is 214 g/mol. The summed E-state index contributed by atoms with van der Waals surface area (Å²) in [5.41, 5.74) is 0. The first-order valence-electron chi connectivity index (χ1n) is 6.59. The summed E-state index contributed by atoms with van der Waals surface area (Å²) in [7, 11) is 2.24. The zero-order valence-corrected chi connectivity index (χ0v) is 11.2. The normalized spacial score (nSPS) is 13.4. The molecule has 0 fully saturated rings. The number of unbranched alkanes of at least 4 members (excludes halogenated alkanes) is 1. The van der Waals surface area contributed by atoms with Crippen molar-refractivity contribution < 1.29 is 0 Å². The van der Waals surface area contributed by atoms with Gasteiger partial charge in [-0.1, -0.05) is 27.2 Å². The minimum absolute atomic E-state index is 0.841. The zero-order valence-electron chi connectivity index (χ0n) is 11.2. The first-order chi connectivity index (χ1) is 7.20. The van der Waals surface area contributed by atoms with E-state index >= 15 is 0 Å². The largest absolute Gasteiger partial charge is 0.317 e. The van der Waals surface area contributed by atoms with Crippen LogP contribution in [0.15, 0.2) is 0 Å². The summed E-state index contributed by atoms with van der Waals surface area (Å²) in [5.74, 6) is 0.841. The van der Waals surface area contributed by atoms with Gasteiger partial charge in [-0.3, -0.25) is 0 Å². The third-order valence-electron chi connectivity index (χ3n) is 2.89. The van der Waals surface area contributed by atoms with Crippen LogP contribution in [-0.4, -0.2) is 38.1 Å². The predicted octanol–water partition coefficient (Wildman–Crippen LogP) is 2.74. The maximum Gasteiger partial charge on any atom is 0.000387 e. The van der Waals surface area contributed by atoms with Crippen LogP contribution in [0.2, 0.25) is 0 Å². The Labute approximate surface area is 96.4 Å². The minimum Gasteiger partial charge on any atom is -0.317 e. The van der Waals surface area contributed by atoms with Crippen LogP contribution in [0.25, 0.3) is 0 Å². The van der Waals surface area contributed by atoms with E-state index in [0.717, 1.165) is 5.92 Å². The summed E-state index contributed by atoms with van der Waals surface area (Å²) in [6, 6.07) is 0. The Balaban J connectivity index is 3.20. The van der Waals surface area contributed by atoms with Gasteiger partial charge in [0.15, 0.2) is 0 Å². The van der Waals surface area contributed by atoms with Crippen LogP contribution in [0.1, 0.15) is 46.5 Å². The molecular weight excluding hydrogens is 184 g/mol. The summed E-state index contributed by atoms with van der Waals surface area (Å²) in [6.45, 7) is 11.7. The maximum atomic E-state index is 3.44. The molecule has 0 rings (SSSR count). The third-order valence-corrected chi connectivity index (χ3v) is 2.89. The smallest absolute Gasteiger partial charge is 0.000387 e. The first-order valence-corrected chi connectivity index (χ1v) is 6.59. The van der Waals surface area contributed by atoms with E-state index in [1.807, 2.05) is 0 Å². The molecule has 0 aliphatic heterocycles. The molecule has 1 unspecified atom stereocenters. The second kappa shape index (κ2) is 10.4. The predicted molar refractivity (Wildman–Crippen MR) is 69.3 cm³/mol. The fourth-order valence-electron chi connectivity index (χ4n) is 1.69. The van der Waals surface area contributed by atoms with Gasteiger partial charge in [0.05, 0.1) is 0 Å². The Bertz CT molecular complexity index is 126. The summed E-state index contributed by atoms with van der Waals surface area (Å²) < 4.78 is 0. The van der Waals surface area contributed by atoms with Crippen molar-refractivity contribution in [2.75, 3.05) is 33.2 Å². The van der Waals surface area contributed by atoms with Crippen molar-refractivity contribution in [2.24, 2.45) is 5.92 Å². The highest BCUT2D eigenvalue weighted by Gasteiger charge is 2.03. The maximum absolute atomic E-state index is 3.44. The summed E-state index contributed by atoms with van der Waals surface area (Å²) in [6.07, 6.45) is 5.17. The van der Waals surface area contributed by atoms with Gasteiger partial charge in [-0.25, -0.2) is 0 Å². The number of hydrogen-bond acceptors (Lipinski definition) is 2. The monoisotopic (exact) mass is 214 g/mol. The molecule has 2 nitrogen and oxygen atoms in total. The van der Waals surface area contributed by atoms with Gasteiger partial charge in [-0.05, 0) is 51.9 Å². The van der Waals surface area contributed by atoms with E-state index in [9.17, 15) is 0 Å². The van der Waals surface area contributed by atoms with Crippen LogP contribution in [0.5, 0.6) is 0 Å². The molecule has 0 saturated heterocycles. The van der Waals surface area contributed by atoms with Gasteiger partial charge in [0.1, 0.15) is 0 Å². The lowest BCUT2D eigenvalue weighted by Gasteiger charge is -2.20. The van der Waals surface area contributed by atoms with E-state index in [1.54, 1.807) is 0 Å². The molecule has 2 heteroatoms. The molecule has 1 atom stereocenters. The quantitative estimate of drug-likeness (QED) is 0.563. The van der Waals surface area contributed by atoms with Crippen molar-refractivity contribution in [3.8, 4) is 0 Å². The van der Waals surface area contributed by atoms with Crippen LogP contribution in [0.4, 0.5) is 0 Å². The molecule has 0 saturated carbocycles. The average Bonchev–Trinajstić information content (AvgIpc) is 2.23. The fraction of sp³-hybridized carbons (Fsp3) is 1.00. The zero-order chi connectivity index (χ0) is 11.5. The molecule has 92 valence electrons. The Kier molecular flexibility index (Phi) is 10.4. The van der Waals surface area contributed by atoms with Gasteiger partial charge in [-0.2, -0.15) is 0 Å². The fourth-order valence-corrected chi connectivity index (χ4v) is 1.69. The first kappa shape index (κ1) is 14.9. The summed E-state index contributed by atoms with van der Waals surface area (Å²) in [4.78, 5) is 2.47. The van der Waals surface area contributed by atoms with E-state index in [2.05, 4.69) is 38.0 Å². The molecular formula is C13H30N2. The standard InChI is InChI=1S/C13H30N2/c1-5-9-14-10-7-8-11-15(4)12-13(3)6-2/h13-14H,5-12H2,1-4H3. The Morgan fingerprint density at radius 1 is 1.13 bits per heavy atom. The molecule has 15 heavy (non-hydrogen) atoms. The Morgan fingerprint density at radius 3 is 2.47 bits per heavy atom. The molecule has 0 amide bonds. The van der Waals surface area contributed by atoms with Crippen molar-refractivity contribution in [3.63, 3.8) is 0 Å². The lowest BCUT2D eigenvalue weighted by Crippen LogP contribution is -2.26. The number of nitrogens with zero attached hydrogens (tertiary/aromatic N) is 1.